The molecule has 0 spiro atoms. The summed E-state index contributed by atoms with van der Waals surface area (Å²) in [5.41, 5.74) is 2.82. The predicted octanol–water partition coefficient (Wildman–Crippen LogP) is 5.46. The number of urea groups is 1. The maximum Gasteiger partial charge on any atom is 0.322 e. The molecule has 4 N–H and O–H groups in total. The third-order valence-corrected chi connectivity index (χ3v) is 6.42. The Morgan fingerprint density at radius 1 is 0.878 bits per heavy atom. The Kier molecular flexibility index (Phi) is 9.46. The number of hydrogen-bond donors (Lipinski definition) is 4. The number of amides is 4. The van der Waals surface area contributed by atoms with Gasteiger partial charge in [-0.2, -0.15) is 0 Å². The van der Waals surface area contributed by atoms with Crippen molar-refractivity contribution in [2.45, 2.75) is 40.2 Å². The lowest BCUT2D eigenvalue weighted by atomic mass is 9.90. The Bertz CT molecular complexity index is 1380. The molecule has 4 amide bonds. The molecule has 0 aromatic heterocycles. The highest BCUT2D eigenvalue weighted by Gasteiger charge is 2.18. The number of rotatable bonds is 10. The zero-order valence-electron chi connectivity index (χ0n) is 23.5. The average Bonchev–Trinajstić information content (AvgIpc) is 3.41. The highest BCUT2D eigenvalue weighted by molar-refractivity contribution is 6.07. The van der Waals surface area contributed by atoms with Gasteiger partial charge in [0.05, 0.1) is 18.0 Å². The van der Waals surface area contributed by atoms with E-state index in [2.05, 4.69) is 36.7 Å². The Hall–Kier alpha value is -4.57. The highest BCUT2D eigenvalue weighted by atomic mass is 16.7. The predicted molar refractivity (Wildman–Crippen MR) is 157 cm³/mol. The summed E-state index contributed by atoms with van der Waals surface area (Å²) in [6, 6.07) is 18.6. The van der Waals surface area contributed by atoms with Gasteiger partial charge in [-0.1, -0.05) is 45.0 Å². The number of fused-ring (bicyclic) bond motifs is 1. The van der Waals surface area contributed by atoms with E-state index in [1.807, 2.05) is 0 Å². The smallest absolute Gasteiger partial charge is 0.322 e. The van der Waals surface area contributed by atoms with Crippen molar-refractivity contribution in [3.05, 3.63) is 77.9 Å². The van der Waals surface area contributed by atoms with Crippen molar-refractivity contribution in [3.8, 4) is 11.5 Å². The molecule has 10 heteroatoms. The topological polar surface area (TPSA) is 129 Å². The molecule has 4 rings (SSSR count). The quantitative estimate of drug-likeness (QED) is 0.261. The van der Waals surface area contributed by atoms with E-state index < -0.39 is 0 Å². The molecular weight excluding hydrogens is 524 g/mol. The molecule has 1 aliphatic heterocycles. The Morgan fingerprint density at radius 3 is 2.24 bits per heavy atom. The van der Waals surface area contributed by atoms with Gasteiger partial charge in [0.2, 0.25) is 12.7 Å². The number of nitrogens with zero attached hydrogens (tertiary/aromatic N) is 1. The lowest BCUT2D eigenvalue weighted by Gasteiger charge is -2.22. The number of carbonyl (C=O) groups excluding carboxylic acids is 3. The van der Waals surface area contributed by atoms with Crippen molar-refractivity contribution in [2.24, 2.45) is 5.41 Å². The minimum absolute atomic E-state index is 0.0449. The summed E-state index contributed by atoms with van der Waals surface area (Å²) in [6.07, 6.45) is 1.13. The number of benzene rings is 3. The minimum Gasteiger partial charge on any atom is -0.454 e. The normalized spacial score (nSPS) is 12.0. The van der Waals surface area contributed by atoms with E-state index in [0.29, 0.717) is 40.5 Å². The van der Waals surface area contributed by atoms with Gasteiger partial charge in [0.1, 0.15) is 0 Å². The molecule has 1 aliphatic rings. The second-order valence-electron chi connectivity index (χ2n) is 10.9. The van der Waals surface area contributed by atoms with Gasteiger partial charge < -0.3 is 35.4 Å². The van der Waals surface area contributed by atoms with Crippen LogP contribution in [0.4, 0.5) is 21.9 Å². The molecule has 41 heavy (non-hydrogen) atoms. The lowest BCUT2D eigenvalue weighted by Crippen LogP contribution is -2.36. The van der Waals surface area contributed by atoms with Crippen LogP contribution in [0.1, 0.15) is 49.5 Å². The largest absolute Gasteiger partial charge is 0.454 e. The summed E-state index contributed by atoms with van der Waals surface area (Å²) in [7, 11) is 0. The Labute approximate surface area is 239 Å². The van der Waals surface area contributed by atoms with Gasteiger partial charge in [0.15, 0.2) is 11.5 Å². The molecule has 0 fully saturated rings. The summed E-state index contributed by atoms with van der Waals surface area (Å²) in [5.74, 6) is 0.723. The average molecular weight is 561 g/mol. The van der Waals surface area contributed by atoms with Gasteiger partial charge in [-0.05, 0) is 53.8 Å². The zero-order valence-corrected chi connectivity index (χ0v) is 23.5. The van der Waals surface area contributed by atoms with E-state index in [4.69, 9.17) is 9.47 Å². The van der Waals surface area contributed by atoms with E-state index in [1.54, 1.807) is 66.7 Å². The van der Waals surface area contributed by atoms with Gasteiger partial charge in [-0.15, -0.1) is 0 Å². The number of ether oxygens (including phenoxy) is 2. The molecule has 0 aliphatic carbocycles. The Morgan fingerprint density at radius 2 is 1.56 bits per heavy atom. The van der Waals surface area contributed by atoms with E-state index in [-0.39, 0.29) is 49.7 Å². The standard InChI is InChI=1S/C31H36N4O6/c1-31(2,3)15-14-28(37)33-24-6-4-5-7-25(24)34-29(38)22-10-8-21(9-11-22)19-35(16-17-36)30(39)32-23-12-13-26-27(18-23)41-20-40-26/h4-13,18,36H,14-17,19-20H2,1-3H3,(H,32,39)(H,33,37)(H,34,38). The molecule has 1 heterocycles. The SMILES string of the molecule is CC(C)(C)CCC(=O)Nc1ccccc1NC(=O)c1ccc(CN(CCO)C(=O)Nc2ccc3c(c2)OCO3)cc1. The molecule has 0 saturated heterocycles. The second kappa shape index (κ2) is 13.2. The second-order valence-corrected chi connectivity index (χ2v) is 10.9. The van der Waals surface area contributed by atoms with Gasteiger partial charge in [-0.25, -0.2) is 4.79 Å². The number of carbonyl (C=O) groups is 3. The summed E-state index contributed by atoms with van der Waals surface area (Å²) in [4.78, 5) is 39.8. The Balaban J connectivity index is 1.36. The van der Waals surface area contributed by atoms with Crippen LogP contribution in [0.3, 0.4) is 0 Å². The summed E-state index contributed by atoms with van der Waals surface area (Å²) in [6.45, 7) is 6.53. The first-order valence-corrected chi connectivity index (χ1v) is 13.5. The van der Waals surface area contributed by atoms with Crippen LogP contribution in [0.5, 0.6) is 11.5 Å². The molecule has 0 atom stereocenters. The molecule has 0 saturated carbocycles. The van der Waals surface area contributed by atoms with Crippen molar-refractivity contribution in [3.63, 3.8) is 0 Å². The van der Waals surface area contributed by atoms with Crippen molar-refractivity contribution in [1.82, 2.24) is 4.90 Å². The summed E-state index contributed by atoms with van der Waals surface area (Å²) in [5, 5.41) is 18.1. The monoisotopic (exact) mass is 560 g/mol. The number of nitrogens with one attached hydrogen (secondary N) is 3. The first-order chi connectivity index (χ1) is 19.6. The van der Waals surface area contributed by atoms with Crippen molar-refractivity contribution in [2.75, 3.05) is 35.9 Å². The third kappa shape index (κ3) is 8.46. The highest BCUT2D eigenvalue weighted by Crippen LogP contribution is 2.34. The lowest BCUT2D eigenvalue weighted by molar-refractivity contribution is -0.116. The molecule has 3 aromatic rings. The molecule has 0 radical (unpaired) electrons. The maximum absolute atomic E-state index is 13.0. The van der Waals surface area contributed by atoms with E-state index in [9.17, 15) is 19.5 Å². The molecule has 0 unspecified atom stereocenters. The maximum atomic E-state index is 13.0. The van der Waals surface area contributed by atoms with Gasteiger partial charge >= 0.3 is 6.03 Å². The van der Waals surface area contributed by atoms with Crippen molar-refractivity contribution >= 4 is 34.9 Å². The molecule has 3 aromatic carbocycles. The van der Waals surface area contributed by atoms with Crippen LogP contribution in [0.25, 0.3) is 0 Å². The van der Waals surface area contributed by atoms with Crippen molar-refractivity contribution < 1.29 is 29.0 Å². The first kappa shape index (κ1) is 29.4. The van der Waals surface area contributed by atoms with Crippen LogP contribution in [-0.4, -0.2) is 47.8 Å². The number of aliphatic hydroxyl groups excluding tert-OH is 1. The van der Waals surface area contributed by atoms with Crippen LogP contribution in [0, 0.1) is 5.41 Å². The van der Waals surface area contributed by atoms with Gasteiger partial charge in [-0.3, -0.25) is 9.59 Å². The third-order valence-electron chi connectivity index (χ3n) is 6.42. The minimum atomic E-state index is -0.388. The van der Waals surface area contributed by atoms with Crippen LogP contribution in [0.15, 0.2) is 66.7 Å². The number of anilines is 3. The molecule has 0 bridgehead atoms. The number of hydrogen-bond acceptors (Lipinski definition) is 6. The molecule has 216 valence electrons. The van der Waals surface area contributed by atoms with Crippen molar-refractivity contribution in [1.29, 1.82) is 0 Å². The fourth-order valence-corrected chi connectivity index (χ4v) is 4.13. The van der Waals surface area contributed by atoms with Crippen LogP contribution in [0.2, 0.25) is 0 Å². The summed E-state index contributed by atoms with van der Waals surface area (Å²) >= 11 is 0. The van der Waals surface area contributed by atoms with Crippen LogP contribution in [-0.2, 0) is 11.3 Å². The molecular formula is C31H36N4O6. The fraction of sp³-hybridized carbons (Fsp3) is 0.323. The van der Waals surface area contributed by atoms with E-state index in [1.165, 1.54) is 4.90 Å². The van der Waals surface area contributed by atoms with E-state index in [0.717, 1.165) is 12.0 Å². The zero-order chi connectivity index (χ0) is 29.4. The van der Waals surface area contributed by atoms with Crippen LogP contribution >= 0.6 is 0 Å². The van der Waals surface area contributed by atoms with E-state index >= 15 is 0 Å². The van der Waals surface area contributed by atoms with Gasteiger partial charge in [0, 0.05) is 36.8 Å². The summed E-state index contributed by atoms with van der Waals surface area (Å²) < 4.78 is 10.7. The fourth-order valence-electron chi connectivity index (χ4n) is 4.13. The number of aliphatic hydroxyl groups is 1. The number of para-hydroxylation sites is 2. The van der Waals surface area contributed by atoms with Crippen LogP contribution < -0.4 is 25.4 Å². The molecule has 10 nitrogen and oxygen atoms in total. The van der Waals surface area contributed by atoms with Gasteiger partial charge in [0.25, 0.3) is 5.91 Å². The first-order valence-electron chi connectivity index (χ1n) is 13.5.